The number of aryl methyl sites for hydroxylation is 1. The van der Waals surface area contributed by atoms with E-state index >= 15 is 0 Å². The van der Waals surface area contributed by atoms with Crippen molar-refractivity contribution in [1.29, 1.82) is 0 Å². The highest BCUT2D eigenvalue weighted by Gasteiger charge is 2.16. The van der Waals surface area contributed by atoms with Crippen LogP contribution in [0.3, 0.4) is 0 Å². The molecule has 136 valence electrons. The van der Waals surface area contributed by atoms with E-state index < -0.39 is 11.7 Å². The van der Waals surface area contributed by atoms with E-state index in [4.69, 9.17) is 16.3 Å². The maximum Gasteiger partial charge on any atom is 0.407 e. The Morgan fingerprint density at radius 1 is 1.36 bits per heavy atom. The van der Waals surface area contributed by atoms with Crippen LogP contribution in [0, 0.1) is 0 Å². The minimum Gasteiger partial charge on any atom is -0.444 e. The lowest BCUT2D eigenvalue weighted by Gasteiger charge is -2.19. The molecule has 25 heavy (non-hydrogen) atoms. The average molecular weight is 366 g/mol. The Hall–Kier alpha value is -2.08. The zero-order valence-electron chi connectivity index (χ0n) is 15.1. The molecule has 0 radical (unpaired) electrons. The SMILES string of the molecule is CCc1nc2cccc(Cl)c2c(=O)n1CCCNC(=O)OC(C)(C)C. The Balaban J connectivity index is 2.11. The van der Waals surface area contributed by atoms with E-state index in [0.717, 1.165) is 0 Å². The van der Waals surface area contributed by atoms with Crippen molar-refractivity contribution in [1.82, 2.24) is 14.9 Å². The number of hydrogen-bond acceptors (Lipinski definition) is 4. The van der Waals surface area contributed by atoms with Crippen LogP contribution in [0.15, 0.2) is 23.0 Å². The lowest BCUT2D eigenvalue weighted by atomic mass is 10.2. The molecule has 0 aliphatic rings. The van der Waals surface area contributed by atoms with E-state index in [1.165, 1.54) is 0 Å². The summed E-state index contributed by atoms with van der Waals surface area (Å²) in [6.45, 7) is 8.24. The molecule has 1 aromatic heterocycles. The van der Waals surface area contributed by atoms with Crippen LogP contribution >= 0.6 is 11.6 Å². The number of nitrogens with zero attached hydrogens (tertiary/aromatic N) is 2. The minimum atomic E-state index is -0.532. The minimum absolute atomic E-state index is 0.148. The van der Waals surface area contributed by atoms with Gasteiger partial charge in [0.15, 0.2) is 0 Å². The number of halogens is 1. The molecule has 0 unspecified atom stereocenters. The predicted molar refractivity (Wildman–Crippen MR) is 99.2 cm³/mol. The van der Waals surface area contributed by atoms with Crippen LogP contribution < -0.4 is 10.9 Å². The summed E-state index contributed by atoms with van der Waals surface area (Å²) in [4.78, 5) is 29.0. The van der Waals surface area contributed by atoms with E-state index in [0.29, 0.717) is 47.7 Å². The Labute approximate surface area is 152 Å². The molecule has 1 amide bonds. The molecule has 0 saturated heterocycles. The largest absolute Gasteiger partial charge is 0.444 e. The number of benzene rings is 1. The number of fused-ring (bicyclic) bond motifs is 1. The second-order valence-corrected chi connectivity index (χ2v) is 7.16. The third kappa shape index (κ3) is 4.95. The number of alkyl carbamates (subject to hydrolysis) is 1. The topological polar surface area (TPSA) is 73.2 Å². The maximum absolute atomic E-state index is 12.8. The van der Waals surface area contributed by atoms with Crippen molar-refractivity contribution in [2.45, 2.75) is 52.7 Å². The van der Waals surface area contributed by atoms with Crippen LogP contribution in [0.25, 0.3) is 10.9 Å². The van der Waals surface area contributed by atoms with Crippen molar-refractivity contribution < 1.29 is 9.53 Å². The van der Waals surface area contributed by atoms with Gasteiger partial charge in [0.1, 0.15) is 11.4 Å². The normalized spacial score (nSPS) is 11.6. The van der Waals surface area contributed by atoms with E-state index in [9.17, 15) is 9.59 Å². The Bertz CT molecular complexity index is 825. The molecule has 2 rings (SSSR count). The summed E-state index contributed by atoms with van der Waals surface area (Å²) in [7, 11) is 0. The van der Waals surface area contributed by atoms with Gasteiger partial charge >= 0.3 is 6.09 Å². The van der Waals surface area contributed by atoms with Crippen LogP contribution in [0.4, 0.5) is 4.79 Å². The smallest absolute Gasteiger partial charge is 0.407 e. The summed E-state index contributed by atoms with van der Waals surface area (Å²) in [5.74, 6) is 0.706. The van der Waals surface area contributed by atoms with Crippen molar-refractivity contribution in [3.8, 4) is 0 Å². The van der Waals surface area contributed by atoms with Crippen LogP contribution in [0.1, 0.15) is 39.9 Å². The summed E-state index contributed by atoms with van der Waals surface area (Å²) in [5.41, 5.74) is -0.0720. The quantitative estimate of drug-likeness (QED) is 0.822. The Morgan fingerprint density at radius 3 is 2.72 bits per heavy atom. The fourth-order valence-electron chi connectivity index (χ4n) is 2.51. The number of rotatable bonds is 5. The van der Waals surface area contributed by atoms with Crippen molar-refractivity contribution in [2.75, 3.05) is 6.54 Å². The number of carbonyl (C=O) groups excluding carboxylic acids is 1. The molecule has 0 spiro atoms. The summed E-state index contributed by atoms with van der Waals surface area (Å²) in [6.07, 6.45) is 0.760. The van der Waals surface area contributed by atoms with Gasteiger partial charge < -0.3 is 10.1 Å². The maximum atomic E-state index is 12.8. The highest BCUT2D eigenvalue weighted by molar-refractivity contribution is 6.35. The van der Waals surface area contributed by atoms with Gasteiger partial charge in [0.05, 0.1) is 15.9 Å². The van der Waals surface area contributed by atoms with Gasteiger partial charge in [-0.1, -0.05) is 24.6 Å². The van der Waals surface area contributed by atoms with Gasteiger partial charge in [-0.05, 0) is 39.3 Å². The first-order valence-electron chi connectivity index (χ1n) is 8.37. The molecule has 0 atom stereocenters. The van der Waals surface area contributed by atoms with E-state index in [-0.39, 0.29) is 5.56 Å². The molecule has 0 aliphatic heterocycles. The molecule has 7 heteroatoms. The Morgan fingerprint density at radius 2 is 2.08 bits per heavy atom. The van der Waals surface area contributed by atoms with E-state index in [2.05, 4.69) is 10.3 Å². The number of ether oxygens (including phenoxy) is 1. The molecule has 0 bridgehead atoms. The van der Waals surface area contributed by atoms with Crippen molar-refractivity contribution in [3.05, 3.63) is 39.4 Å². The third-order valence-electron chi connectivity index (χ3n) is 3.55. The average Bonchev–Trinajstić information content (AvgIpc) is 2.51. The second kappa shape index (κ2) is 7.87. The summed E-state index contributed by atoms with van der Waals surface area (Å²) in [5, 5.41) is 3.53. The van der Waals surface area contributed by atoms with Gasteiger partial charge in [0.25, 0.3) is 5.56 Å². The molecular weight excluding hydrogens is 342 g/mol. The van der Waals surface area contributed by atoms with Crippen molar-refractivity contribution in [3.63, 3.8) is 0 Å². The zero-order chi connectivity index (χ0) is 18.6. The lowest BCUT2D eigenvalue weighted by Crippen LogP contribution is -2.34. The first kappa shape index (κ1) is 19.2. The number of nitrogens with one attached hydrogen (secondary N) is 1. The van der Waals surface area contributed by atoms with Crippen molar-refractivity contribution in [2.24, 2.45) is 0 Å². The molecular formula is C18H24ClN3O3. The molecule has 2 aromatic rings. The summed E-state index contributed by atoms with van der Waals surface area (Å²) in [6, 6.07) is 5.26. The molecule has 6 nitrogen and oxygen atoms in total. The zero-order valence-corrected chi connectivity index (χ0v) is 15.8. The summed E-state index contributed by atoms with van der Waals surface area (Å²) < 4.78 is 6.81. The van der Waals surface area contributed by atoms with E-state index in [1.807, 2.05) is 27.7 Å². The monoisotopic (exact) mass is 365 g/mol. The molecule has 1 aromatic carbocycles. The highest BCUT2D eigenvalue weighted by atomic mass is 35.5. The van der Waals surface area contributed by atoms with Crippen LogP contribution in [0.5, 0.6) is 0 Å². The molecule has 1 N–H and O–H groups in total. The number of carbonyl (C=O) groups is 1. The number of amides is 1. The molecule has 0 fully saturated rings. The number of aromatic nitrogens is 2. The number of hydrogen-bond donors (Lipinski definition) is 1. The fraction of sp³-hybridized carbons (Fsp3) is 0.500. The van der Waals surface area contributed by atoms with E-state index in [1.54, 1.807) is 22.8 Å². The lowest BCUT2D eigenvalue weighted by molar-refractivity contribution is 0.0526. The third-order valence-corrected chi connectivity index (χ3v) is 3.87. The first-order chi connectivity index (χ1) is 11.7. The first-order valence-corrected chi connectivity index (χ1v) is 8.75. The van der Waals surface area contributed by atoms with Crippen LogP contribution in [0.2, 0.25) is 5.02 Å². The Kier molecular flexibility index (Phi) is 6.06. The van der Waals surface area contributed by atoms with Gasteiger partial charge in [0.2, 0.25) is 0 Å². The van der Waals surface area contributed by atoms with Crippen LogP contribution in [-0.2, 0) is 17.7 Å². The van der Waals surface area contributed by atoms with Gasteiger partial charge in [-0.25, -0.2) is 9.78 Å². The summed E-state index contributed by atoms with van der Waals surface area (Å²) >= 11 is 6.17. The van der Waals surface area contributed by atoms with Gasteiger partial charge in [-0.2, -0.15) is 0 Å². The molecule has 1 heterocycles. The standard InChI is InChI=1S/C18H24ClN3O3/c1-5-14-21-13-9-6-8-12(19)15(13)16(23)22(14)11-7-10-20-17(24)25-18(2,3)4/h6,8-9H,5,7,10-11H2,1-4H3,(H,20,24). The van der Waals surface area contributed by atoms with Crippen molar-refractivity contribution >= 4 is 28.6 Å². The fourth-order valence-corrected chi connectivity index (χ4v) is 2.76. The predicted octanol–water partition coefficient (Wildman–Crippen LogP) is 3.53. The molecule has 0 saturated carbocycles. The van der Waals surface area contributed by atoms with Gasteiger partial charge in [0, 0.05) is 19.5 Å². The molecule has 0 aliphatic carbocycles. The highest BCUT2D eigenvalue weighted by Crippen LogP contribution is 2.19. The van der Waals surface area contributed by atoms with Gasteiger partial charge in [-0.15, -0.1) is 0 Å². The van der Waals surface area contributed by atoms with Gasteiger partial charge in [-0.3, -0.25) is 9.36 Å². The van der Waals surface area contributed by atoms with Crippen LogP contribution in [-0.4, -0.2) is 27.8 Å². The second-order valence-electron chi connectivity index (χ2n) is 6.75.